The van der Waals surface area contributed by atoms with Crippen LogP contribution in [0.5, 0.6) is 0 Å². The van der Waals surface area contributed by atoms with E-state index in [-0.39, 0.29) is 18.4 Å². The SMILES string of the molecule is O=C(O)CN(CC(F)(F)F)C1CC(=O)N2CCCC12. The van der Waals surface area contributed by atoms with E-state index in [0.29, 0.717) is 13.0 Å². The van der Waals surface area contributed by atoms with Crippen LogP contribution in [0.1, 0.15) is 19.3 Å². The van der Waals surface area contributed by atoms with Crippen molar-refractivity contribution in [2.45, 2.75) is 37.5 Å². The molecule has 5 nitrogen and oxygen atoms in total. The second-order valence-corrected chi connectivity index (χ2v) is 4.98. The quantitative estimate of drug-likeness (QED) is 0.823. The molecule has 0 radical (unpaired) electrons. The number of rotatable bonds is 4. The van der Waals surface area contributed by atoms with Crippen molar-refractivity contribution in [2.75, 3.05) is 19.6 Å². The maximum atomic E-state index is 12.5. The number of nitrogens with zero attached hydrogens (tertiary/aromatic N) is 2. The number of amides is 1. The molecule has 2 heterocycles. The number of hydrogen-bond donors (Lipinski definition) is 1. The van der Waals surface area contributed by atoms with Crippen LogP contribution in [0.15, 0.2) is 0 Å². The van der Waals surface area contributed by atoms with Gasteiger partial charge in [0.05, 0.1) is 13.1 Å². The summed E-state index contributed by atoms with van der Waals surface area (Å²) in [4.78, 5) is 24.9. The molecule has 1 amide bonds. The highest BCUT2D eigenvalue weighted by Gasteiger charge is 2.47. The normalized spacial score (nSPS) is 27.2. The molecule has 2 atom stereocenters. The number of hydrogen-bond acceptors (Lipinski definition) is 3. The predicted octanol–water partition coefficient (Wildman–Crippen LogP) is 0.699. The van der Waals surface area contributed by atoms with Crippen molar-refractivity contribution < 1.29 is 27.9 Å². The van der Waals surface area contributed by atoms with Crippen LogP contribution in [0.25, 0.3) is 0 Å². The van der Waals surface area contributed by atoms with Gasteiger partial charge in [-0.15, -0.1) is 0 Å². The first-order valence-electron chi connectivity index (χ1n) is 6.10. The highest BCUT2D eigenvalue weighted by Crippen LogP contribution is 2.33. The lowest BCUT2D eigenvalue weighted by atomic mass is 10.0. The van der Waals surface area contributed by atoms with E-state index >= 15 is 0 Å². The van der Waals surface area contributed by atoms with E-state index in [9.17, 15) is 22.8 Å². The molecule has 108 valence electrons. The fourth-order valence-electron chi connectivity index (χ4n) is 3.00. The van der Waals surface area contributed by atoms with Crippen LogP contribution in [0, 0.1) is 0 Å². The summed E-state index contributed by atoms with van der Waals surface area (Å²) in [6.45, 7) is -1.42. The van der Waals surface area contributed by atoms with Gasteiger partial charge in [-0.05, 0) is 12.8 Å². The van der Waals surface area contributed by atoms with Crippen molar-refractivity contribution >= 4 is 11.9 Å². The van der Waals surface area contributed by atoms with Crippen molar-refractivity contribution in [1.82, 2.24) is 9.80 Å². The first-order chi connectivity index (χ1) is 8.78. The summed E-state index contributed by atoms with van der Waals surface area (Å²) in [5, 5.41) is 8.74. The van der Waals surface area contributed by atoms with Gasteiger partial charge in [0.25, 0.3) is 0 Å². The molecule has 2 unspecified atom stereocenters. The molecule has 2 aliphatic rings. The molecule has 2 rings (SSSR count). The topological polar surface area (TPSA) is 60.9 Å². The van der Waals surface area contributed by atoms with E-state index in [4.69, 9.17) is 5.11 Å². The molecule has 0 bridgehead atoms. The first kappa shape index (κ1) is 14.1. The summed E-state index contributed by atoms with van der Waals surface area (Å²) >= 11 is 0. The molecule has 0 aromatic carbocycles. The number of carboxylic acids is 1. The van der Waals surface area contributed by atoms with Gasteiger partial charge in [-0.25, -0.2) is 0 Å². The third-order valence-electron chi connectivity index (χ3n) is 3.64. The van der Waals surface area contributed by atoms with Gasteiger partial charge in [0.1, 0.15) is 0 Å². The van der Waals surface area contributed by atoms with Crippen LogP contribution >= 0.6 is 0 Å². The third-order valence-corrected chi connectivity index (χ3v) is 3.64. The van der Waals surface area contributed by atoms with E-state index in [1.54, 1.807) is 4.90 Å². The highest BCUT2D eigenvalue weighted by molar-refractivity contribution is 5.80. The molecular weight excluding hydrogens is 265 g/mol. The van der Waals surface area contributed by atoms with Gasteiger partial charge in [-0.2, -0.15) is 13.2 Å². The second kappa shape index (κ2) is 4.99. The number of fused-ring (bicyclic) bond motifs is 1. The molecule has 0 saturated carbocycles. The lowest BCUT2D eigenvalue weighted by Gasteiger charge is -2.31. The zero-order valence-electron chi connectivity index (χ0n) is 10.2. The van der Waals surface area contributed by atoms with E-state index in [2.05, 4.69) is 0 Å². The van der Waals surface area contributed by atoms with E-state index in [0.717, 1.165) is 11.3 Å². The smallest absolute Gasteiger partial charge is 0.401 e. The summed E-state index contributed by atoms with van der Waals surface area (Å²) in [6, 6.07) is -0.915. The molecule has 0 aromatic heterocycles. The molecule has 0 aliphatic carbocycles. The molecule has 2 saturated heterocycles. The van der Waals surface area contributed by atoms with Crippen molar-refractivity contribution in [3.8, 4) is 0 Å². The minimum Gasteiger partial charge on any atom is -0.480 e. The van der Waals surface area contributed by atoms with Gasteiger partial charge in [0.2, 0.25) is 5.91 Å². The van der Waals surface area contributed by atoms with Crippen LogP contribution < -0.4 is 0 Å². The summed E-state index contributed by atoms with van der Waals surface area (Å²) < 4.78 is 37.6. The van der Waals surface area contributed by atoms with E-state index in [1.165, 1.54) is 0 Å². The third kappa shape index (κ3) is 3.17. The Balaban J connectivity index is 2.13. The van der Waals surface area contributed by atoms with Gasteiger partial charge < -0.3 is 10.0 Å². The molecule has 2 aliphatic heterocycles. The van der Waals surface area contributed by atoms with E-state index in [1.807, 2.05) is 0 Å². The summed E-state index contributed by atoms with van der Waals surface area (Å²) in [5.74, 6) is -1.49. The Bertz CT molecular complexity index is 386. The average Bonchev–Trinajstić information content (AvgIpc) is 2.78. The number of carboxylic acid groups (broad SMARTS) is 1. The molecule has 0 spiro atoms. The zero-order valence-corrected chi connectivity index (χ0v) is 10.2. The van der Waals surface area contributed by atoms with Crippen LogP contribution in [-0.4, -0.2) is 64.7 Å². The minimum atomic E-state index is -4.47. The number of aliphatic carboxylic acids is 1. The lowest BCUT2D eigenvalue weighted by molar-refractivity contribution is -0.159. The second-order valence-electron chi connectivity index (χ2n) is 4.98. The maximum absolute atomic E-state index is 12.5. The Labute approximate surface area is 108 Å². The Morgan fingerprint density at radius 3 is 2.74 bits per heavy atom. The minimum absolute atomic E-state index is 0.0198. The predicted molar refractivity (Wildman–Crippen MR) is 58.4 cm³/mol. The fourth-order valence-corrected chi connectivity index (χ4v) is 3.00. The van der Waals surface area contributed by atoms with Crippen LogP contribution in [0.3, 0.4) is 0 Å². The van der Waals surface area contributed by atoms with Crippen molar-refractivity contribution in [3.63, 3.8) is 0 Å². The molecule has 2 fully saturated rings. The number of carbonyl (C=O) groups excluding carboxylic acids is 1. The Morgan fingerprint density at radius 1 is 1.47 bits per heavy atom. The Morgan fingerprint density at radius 2 is 2.16 bits per heavy atom. The first-order valence-corrected chi connectivity index (χ1v) is 6.10. The zero-order chi connectivity index (χ0) is 14.2. The van der Waals surface area contributed by atoms with Crippen molar-refractivity contribution in [3.05, 3.63) is 0 Å². The molecule has 1 N–H and O–H groups in total. The number of halogens is 3. The summed E-state index contributed by atoms with van der Waals surface area (Å²) in [5.41, 5.74) is 0. The molecule has 0 aromatic rings. The van der Waals surface area contributed by atoms with Gasteiger partial charge in [-0.1, -0.05) is 0 Å². The van der Waals surface area contributed by atoms with E-state index < -0.39 is 31.3 Å². The van der Waals surface area contributed by atoms with Gasteiger partial charge in [-0.3, -0.25) is 14.5 Å². The van der Waals surface area contributed by atoms with Crippen LogP contribution in [-0.2, 0) is 9.59 Å². The largest absolute Gasteiger partial charge is 0.480 e. The standard InChI is InChI=1S/C11H15F3N2O3/c12-11(13,14)6-15(5-10(18)19)8-4-9(17)16-3-1-2-7(8)16/h7-8H,1-6H2,(H,18,19). The fraction of sp³-hybridized carbons (Fsp3) is 0.818. The monoisotopic (exact) mass is 280 g/mol. The van der Waals surface area contributed by atoms with Crippen LogP contribution in [0.2, 0.25) is 0 Å². The Kier molecular flexibility index (Phi) is 3.71. The molecule has 19 heavy (non-hydrogen) atoms. The van der Waals surface area contributed by atoms with Crippen LogP contribution in [0.4, 0.5) is 13.2 Å². The average molecular weight is 280 g/mol. The van der Waals surface area contributed by atoms with Crippen molar-refractivity contribution in [2.24, 2.45) is 0 Å². The molecule has 8 heteroatoms. The van der Waals surface area contributed by atoms with Gasteiger partial charge in [0, 0.05) is 25.0 Å². The highest BCUT2D eigenvalue weighted by atomic mass is 19.4. The lowest BCUT2D eigenvalue weighted by Crippen LogP contribution is -2.48. The Hall–Kier alpha value is -1.31. The van der Waals surface area contributed by atoms with Crippen molar-refractivity contribution in [1.29, 1.82) is 0 Å². The summed E-state index contributed by atoms with van der Waals surface area (Å²) in [6.07, 6.45) is -3.08. The molecular formula is C11H15F3N2O3. The number of alkyl halides is 3. The number of carbonyl (C=O) groups is 2. The summed E-state index contributed by atoms with van der Waals surface area (Å²) in [7, 11) is 0. The van der Waals surface area contributed by atoms with Gasteiger partial charge >= 0.3 is 12.1 Å². The van der Waals surface area contributed by atoms with Gasteiger partial charge in [0.15, 0.2) is 0 Å². The maximum Gasteiger partial charge on any atom is 0.401 e.